The van der Waals surface area contributed by atoms with E-state index >= 15 is 0 Å². The van der Waals surface area contributed by atoms with Crippen LogP contribution >= 0.6 is 0 Å². The van der Waals surface area contributed by atoms with Crippen molar-refractivity contribution in [2.75, 3.05) is 0 Å². The van der Waals surface area contributed by atoms with Crippen molar-refractivity contribution < 1.29 is 4.79 Å². The van der Waals surface area contributed by atoms with Gasteiger partial charge in [-0.15, -0.1) is 4.79 Å². The van der Waals surface area contributed by atoms with Crippen molar-refractivity contribution in [3.8, 4) is 11.8 Å². The van der Waals surface area contributed by atoms with E-state index in [0.717, 1.165) is 79.2 Å². The summed E-state index contributed by atoms with van der Waals surface area (Å²) in [5.41, 5.74) is 17.5. The van der Waals surface area contributed by atoms with Crippen molar-refractivity contribution >= 4 is 11.4 Å². The first-order chi connectivity index (χ1) is 18.7. The minimum absolute atomic E-state index is 0.784. The third kappa shape index (κ3) is 10.7. The van der Waals surface area contributed by atoms with Gasteiger partial charge in [0.2, 0.25) is 0 Å². The quantitative estimate of drug-likeness (QED) is 0.0540. The molecule has 0 radical (unpaired) electrons. The molecule has 0 bridgehead atoms. The Morgan fingerprint density at radius 2 is 1.21 bits per heavy atom. The molecule has 0 aliphatic carbocycles. The molecule has 0 saturated heterocycles. The molecule has 2 heteroatoms. The number of benzene rings is 2. The molecule has 0 saturated carbocycles. The van der Waals surface area contributed by atoms with Gasteiger partial charge in [0, 0.05) is 12.0 Å². The molecule has 0 heterocycles. The van der Waals surface area contributed by atoms with Crippen LogP contribution < -0.4 is 0 Å². The van der Waals surface area contributed by atoms with Gasteiger partial charge in [-0.25, -0.2) is 0 Å². The van der Waals surface area contributed by atoms with E-state index in [2.05, 4.69) is 98.7 Å². The van der Waals surface area contributed by atoms with Gasteiger partial charge in [-0.3, -0.25) is 0 Å². The lowest BCUT2D eigenvalue weighted by Crippen LogP contribution is -2.00. The summed E-state index contributed by atoms with van der Waals surface area (Å²) < 4.78 is 0. The molecule has 0 fully saturated rings. The predicted molar refractivity (Wildman–Crippen MR) is 164 cm³/mol. The third-order valence-corrected chi connectivity index (χ3v) is 7.01. The Labute approximate surface area is 232 Å². The molecular weight excluding hydrogens is 460 g/mol. The van der Waals surface area contributed by atoms with E-state index in [1.807, 2.05) is 0 Å². The number of unbranched alkanes of at least 4 members (excludes halogenated alkanes) is 7. The summed E-state index contributed by atoms with van der Waals surface area (Å²) in [5.74, 6) is 9.84. The van der Waals surface area contributed by atoms with Crippen LogP contribution in [0.5, 0.6) is 0 Å². The van der Waals surface area contributed by atoms with Gasteiger partial charge in [0.25, 0.3) is 0 Å². The number of hydrogen-bond acceptors (Lipinski definition) is 0. The Hall–Kier alpha value is -3.10. The van der Waals surface area contributed by atoms with Crippen molar-refractivity contribution in [3.05, 3.63) is 87.5 Å². The van der Waals surface area contributed by atoms with E-state index in [4.69, 9.17) is 0 Å². The van der Waals surface area contributed by atoms with Crippen LogP contribution in [0.1, 0.15) is 127 Å². The maximum atomic E-state index is 9.52. The fourth-order valence-corrected chi connectivity index (χ4v) is 4.62. The maximum absolute atomic E-state index is 9.52. The smallest absolute Gasteiger partial charge is 0.304 e. The lowest BCUT2D eigenvalue weighted by Gasteiger charge is -2.15. The zero-order valence-corrected chi connectivity index (χ0v) is 24.4. The highest BCUT2D eigenvalue weighted by Gasteiger charge is 2.17. The Bertz CT molecular complexity index is 1130. The van der Waals surface area contributed by atoms with Crippen molar-refractivity contribution in [3.63, 3.8) is 0 Å². The van der Waals surface area contributed by atoms with Crippen LogP contribution in [0.2, 0.25) is 0 Å². The summed E-state index contributed by atoms with van der Waals surface area (Å²) >= 11 is 0. The molecule has 2 rings (SSSR count). The topological polar surface area (TPSA) is 36.4 Å². The van der Waals surface area contributed by atoms with Gasteiger partial charge in [0.15, 0.2) is 0 Å². The monoisotopic (exact) mass is 508 g/mol. The van der Waals surface area contributed by atoms with Crippen LogP contribution in [0, 0.1) is 11.8 Å². The summed E-state index contributed by atoms with van der Waals surface area (Å²) in [6.45, 7) is 8.86. The normalized spacial score (nSPS) is 11.2. The molecule has 0 aromatic heterocycles. The van der Waals surface area contributed by atoms with Crippen LogP contribution in [0.15, 0.2) is 59.7 Å². The molecule has 202 valence electrons. The van der Waals surface area contributed by atoms with Gasteiger partial charge in [0.05, 0.1) is 11.1 Å². The molecule has 38 heavy (non-hydrogen) atoms. The predicted octanol–water partition coefficient (Wildman–Crippen LogP) is 10.2. The largest absolute Gasteiger partial charge is 0.348 e. The van der Waals surface area contributed by atoms with Gasteiger partial charge in [-0.05, 0) is 67.2 Å². The fourth-order valence-electron chi connectivity index (χ4n) is 4.62. The summed E-state index contributed by atoms with van der Waals surface area (Å²) in [5, 5.41) is 0. The Morgan fingerprint density at radius 1 is 0.658 bits per heavy atom. The van der Waals surface area contributed by atoms with Crippen molar-refractivity contribution in [1.82, 2.24) is 0 Å². The molecule has 2 aromatic carbocycles. The molecule has 0 N–H and O–H groups in total. The average molecular weight is 509 g/mol. The molecule has 2 nitrogen and oxygen atoms in total. The lowest BCUT2D eigenvalue weighted by atomic mass is 9.87. The highest BCUT2D eigenvalue weighted by atomic mass is 14.8. The van der Waals surface area contributed by atoms with Gasteiger partial charge >= 0.3 is 5.87 Å². The third-order valence-electron chi connectivity index (χ3n) is 7.01. The Morgan fingerprint density at radius 3 is 1.74 bits per heavy atom. The summed E-state index contributed by atoms with van der Waals surface area (Å²) in [6.07, 6.45) is 15.6. The summed E-state index contributed by atoms with van der Waals surface area (Å²) in [6, 6.07) is 18.0. The van der Waals surface area contributed by atoms with Gasteiger partial charge in [-0.2, -0.15) is 0 Å². The number of nitrogens with zero attached hydrogens (tertiary/aromatic N) is 2. The van der Waals surface area contributed by atoms with E-state index in [1.165, 1.54) is 49.7 Å². The zero-order valence-electron chi connectivity index (χ0n) is 24.4. The first kappa shape index (κ1) is 31.1. The van der Waals surface area contributed by atoms with Crippen LogP contribution in [0.4, 0.5) is 0 Å². The van der Waals surface area contributed by atoms with Crippen LogP contribution in [-0.2, 0) is 12.8 Å². The van der Waals surface area contributed by atoms with E-state index in [9.17, 15) is 5.53 Å². The van der Waals surface area contributed by atoms with Crippen LogP contribution in [-0.4, -0.2) is 10.7 Å². The molecule has 0 aliphatic heterocycles. The highest BCUT2D eigenvalue weighted by Crippen LogP contribution is 2.32. The number of allylic oxidation sites excluding steroid dienone is 2. The molecule has 0 spiro atoms. The first-order valence-corrected chi connectivity index (χ1v) is 15.1. The van der Waals surface area contributed by atoms with Crippen LogP contribution in [0.25, 0.3) is 11.1 Å². The second-order valence-electron chi connectivity index (χ2n) is 10.3. The van der Waals surface area contributed by atoms with Gasteiger partial charge in [-0.1, -0.05) is 127 Å². The van der Waals surface area contributed by atoms with Crippen LogP contribution in [0.3, 0.4) is 0 Å². The van der Waals surface area contributed by atoms with E-state index in [1.54, 1.807) is 0 Å². The summed E-state index contributed by atoms with van der Waals surface area (Å²) in [7, 11) is 0. The standard InChI is InChI=1S/C36H48N2/c1-5-9-13-15-18-31-23-27-33(28-24-31)36(32-25-21-30(22-26-32)17-11-7-3)35(20-16-14-10-6-2)34(29-38-37)19-12-8-4/h21-28H,5-15,17-19H2,1-4H3. The van der Waals surface area contributed by atoms with Crippen molar-refractivity contribution in [1.29, 1.82) is 0 Å². The second-order valence-corrected chi connectivity index (χ2v) is 10.3. The second kappa shape index (κ2) is 19.0. The number of hydrogen-bond donors (Lipinski definition) is 0. The molecule has 0 unspecified atom stereocenters. The Balaban J connectivity index is 2.66. The molecule has 0 atom stereocenters. The number of rotatable bonds is 16. The SMILES string of the molecule is CCCCC#CC(C(=C=[N+]=[N-])CCCC)=C(c1ccc(CCCC)cc1)c1ccc(CCCCCC)cc1. The highest BCUT2D eigenvalue weighted by molar-refractivity contribution is 5.90. The lowest BCUT2D eigenvalue weighted by molar-refractivity contribution is 0.00743. The zero-order chi connectivity index (χ0) is 27.4. The average Bonchev–Trinajstić information content (AvgIpc) is 2.95. The van der Waals surface area contributed by atoms with Gasteiger partial charge < -0.3 is 5.53 Å². The number of aryl methyl sites for hydroxylation is 2. The van der Waals surface area contributed by atoms with Crippen molar-refractivity contribution in [2.45, 2.75) is 118 Å². The minimum Gasteiger partial charge on any atom is -0.348 e. The Kier molecular flexibility index (Phi) is 15.6. The molecule has 0 aliphatic rings. The summed E-state index contributed by atoms with van der Waals surface area (Å²) in [4.78, 5) is 3.35. The molecule has 2 aromatic rings. The fraction of sp³-hybridized carbons (Fsp3) is 0.500. The van der Waals surface area contributed by atoms with E-state index < -0.39 is 0 Å². The van der Waals surface area contributed by atoms with Gasteiger partial charge in [0.1, 0.15) is 0 Å². The van der Waals surface area contributed by atoms with Crippen molar-refractivity contribution in [2.24, 2.45) is 0 Å². The van der Waals surface area contributed by atoms with E-state index in [0.29, 0.717) is 0 Å². The van der Waals surface area contributed by atoms with E-state index in [-0.39, 0.29) is 0 Å². The molecular formula is C36H48N2. The minimum atomic E-state index is 0.784. The first-order valence-electron chi connectivity index (χ1n) is 15.1. The maximum Gasteiger partial charge on any atom is 0.304 e. The molecule has 0 amide bonds.